The molecule has 0 spiro atoms. The average molecular weight is 410 g/mol. The summed E-state index contributed by atoms with van der Waals surface area (Å²) in [7, 11) is 0. The smallest absolute Gasteiger partial charge is 0.600 e. The van der Waals surface area contributed by atoms with E-state index in [4.69, 9.17) is 11.7 Å². The summed E-state index contributed by atoms with van der Waals surface area (Å²) in [6.45, 7) is 5.98. The van der Waals surface area contributed by atoms with Crippen LogP contribution in [0.15, 0.2) is 0 Å². The zero-order chi connectivity index (χ0) is 11.1. The summed E-state index contributed by atoms with van der Waals surface area (Å²) < 4.78 is 0. The van der Waals surface area contributed by atoms with E-state index in [1.807, 2.05) is 0 Å². The Morgan fingerprint density at radius 2 is 1.07 bits per heavy atom. The minimum absolute atomic E-state index is 0. The molecule has 0 atom stereocenters. The molecule has 15 heavy (non-hydrogen) atoms. The van der Waals surface area contributed by atoms with Crippen molar-refractivity contribution in [3.05, 3.63) is 10.9 Å². The fraction of sp³-hybridized carbons (Fsp3) is 1.00. The fourth-order valence-electron chi connectivity index (χ4n) is 0.906. The molecule has 0 saturated heterocycles. The van der Waals surface area contributed by atoms with Gasteiger partial charge in [0.2, 0.25) is 0 Å². The van der Waals surface area contributed by atoms with Crippen molar-refractivity contribution in [2.24, 2.45) is 11.7 Å². The van der Waals surface area contributed by atoms with Crippen LogP contribution in [0.3, 0.4) is 0 Å². The third-order valence-electron chi connectivity index (χ3n) is 1.78. The van der Waals surface area contributed by atoms with Crippen LogP contribution >= 0.6 is 0 Å². The zero-order valence-corrected chi connectivity index (χ0v) is 14.1. The van der Waals surface area contributed by atoms with E-state index >= 15 is 0 Å². The Hall–Kier alpha value is 0.762. The van der Waals surface area contributed by atoms with Crippen molar-refractivity contribution in [1.82, 2.24) is 0 Å². The first-order chi connectivity index (χ1) is 6.83. The van der Waals surface area contributed by atoms with Gasteiger partial charge in [0.1, 0.15) is 0 Å². The van der Waals surface area contributed by atoms with E-state index in [1.54, 1.807) is 0 Å². The van der Waals surface area contributed by atoms with Gasteiger partial charge in [-0.2, -0.15) is 0 Å². The molecule has 0 aromatic heterocycles. The molecular weight excluding hydrogens is 383 g/mol. The molecule has 0 bridgehead atoms. The van der Waals surface area contributed by atoms with Gasteiger partial charge in [0, 0.05) is 0 Å². The summed E-state index contributed by atoms with van der Waals surface area (Å²) in [6, 6.07) is 0. The quantitative estimate of drug-likeness (QED) is 0.280. The first kappa shape index (κ1) is 21.1. The molecule has 0 aliphatic heterocycles. The Morgan fingerprint density at radius 1 is 0.733 bits per heavy atom. The van der Waals surface area contributed by atoms with E-state index in [-0.39, 0.29) is 27.3 Å². The van der Waals surface area contributed by atoms with Gasteiger partial charge in [0.15, 0.2) is 0 Å². The largest absolute Gasteiger partial charge is 2.00 e. The van der Waals surface area contributed by atoms with Crippen LogP contribution in [0.5, 0.6) is 0 Å². The second-order valence-electron chi connectivity index (χ2n) is 3.23. The first-order valence-corrected chi connectivity index (χ1v) is 5.56. The van der Waals surface area contributed by atoms with E-state index < -0.39 is 0 Å². The van der Waals surface area contributed by atoms with E-state index in [0.717, 1.165) is 25.9 Å². The van der Waals surface area contributed by atoms with Crippen molar-refractivity contribution in [3.63, 3.8) is 0 Å². The normalized spacial score (nSPS) is 8.80. The molecule has 90 valence electrons. The Labute approximate surface area is 115 Å². The molecule has 0 rings (SSSR count). The van der Waals surface area contributed by atoms with Gasteiger partial charge in [-0.3, -0.25) is 0 Å². The van der Waals surface area contributed by atoms with E-state index in [0.29, 0.717) is 0 Å². The maximum atomic E-state index is 4.89. The van der Waals surface area contributed by atoms with Gasteiger partial charge in [-0.25, -0.2) is 0 Å². The van der Waals surface area contributed by atoms with Crippen LogP contribution in [-0.4, -0.2) is 40.4 Å². The number of rotatable bonds is 8. The molecule has 0 unspecified atom stereocenters. The van der Waals surface area contributed by atoms with Crippen LogP contribution in [0, 0.1) is 0 Å². The van der Waals surface area contributed by atoms with Crippen LogP contribution in [0.1, 0.15) is 52.4 Å². The van der Waals surface area contributed by atoms with Gasteiger partial charge in [-0.05, 0) is 0 Å². The van der Waals surface area contributed by atoms with Crippen LogP contribution in [0.4, 0.5) is 0 Å². The fourth-order valence-corrected chi connectivity index (χ4v) is 0.906. The van der Waals surface area contributed by atoms with Gasteiger partial charge in [-0.1, -0.05) is 52.4 Å². The summed E-state index contributed by atoms with van der Waals surface area (Å²) in [5, 5.41) is 0. The SMILES string of the molecule is CCCCC[N-]N.CCCCC[N-]N.[Pb+2]. The molecule has 0 aliphatic carbocycles. The molecule has 0 aromatic carbocycles. The molecule has 0 saturated carbocycles. The molecule has 5 heteroatoms. The van der Waals surface area contributed by atoms with Crippen LogP contribution in [-0.2, 0) is 0 Å². The summed E-state index contributed by atoms with van der Waals surface area (Å²) >= 11 is 0. The maximum absolute atomic E-state index is 4.89. The van der Waals surface area contributed by atoms with Crippen molar-refractivity contribution in [2.45, 2.75) is 52.4 Å². The molecule has 4 N–H and O–H groups in total. The molecule has 0 amide bonds. The first-order valence-electron chi connectivity index (χ1n) is 5.56. The van der Waals surface area contributed by atoms with Gasteiger partial charge in [0.05, 0.1) is 0 Å². The van der Waals surface area contributed by atoms with Crippen molar-refractivity contribution in [1.29, 1.82) is 0 Å². The molecular formula is C10H26N4Pb. The summed E-state index contributed by atoms with van der Waals surface area (Å²) in [5.74, 6) is 9.79. The topological polar surface area (TPSA) is 80.2 Å². The third-order valence-corrected chi connectivity index (χ3v) is 1.78. The molecule has 4 nitrogen and oxygen atoms in total. The molecule has 0 fully saturated rings. The molecule has 2 radical (unpaired) electrons. The summed E-state index contributed by atoms with van der Waals surface area (Å²) in [5.41, 5.74) is 6.95. The van der Waals surface area contributed by atoms with Crippen molar-refractivity contribution >= 4 is 27.3 Å². The molecule has 0 heterocycles. The van der Waals surface area contributed by atoms with E-state index in [1.165, 1.54) is 25.7 Å². The van der Waals surface area contributed by atoms with Gasteiger partial charge < -0.3 is 22.5 Å². The van der Waals surface area contributed by atoms with Crippen molar-refractivity contribution in [3.8, 4) is 0 Å². The second-order valence-corrected chi connectivity index (χ2v) is 3.23. The molecule has 0 aromatic rings. The number of nitrogens with two attached hydrogens (primary N) is 2. The van der Waals surface area contributed by atoms with Gasteiger partial charge >= 0.3 is 27.3 Å². The van der Waals surface area contributed by atoms with Crippen LogP contribution in [0.2, 0.25) is 0 Å². The van der Waals surface area contributed by atoms with Crippen LogP contribution in [0.25, 0.3) is 10.9 Å². The Bertz CT molecular complexity index is 65.8. The number of nitrogens with zero attached hydrogens (tertiary/aromatic N) is 2. The average Bonchev–Trinajstić information content (AvgIpc) is 2.21. The summed E-state index contributed by atoms with van der Waals surface area (Å²) in [6.07, 6.45) is 7.28. The minimum atomic E-state index is 0. The zero-order valence-electron chi connectivity index (χ0n) is 10.2. The summed E-state index contributed by atoms with van der Waals surface area (Å²) in [4.78, 5) is 0. The number of hydrogen-bond acceptors (Lipinski definition) is 2. The van der Waals surface area contributed by atoms with Crippen LogP contribution < -0.4 is 11.7 Å². The maximum Gasteiger partial charge on any atom is 2.00 e. The Balaban J connectivity index is -0.000000180. The Morgan fingerprint density at radius 3 is 1.27 bits per heavy atom. The second kappa shape index (κ2) is 24.1. The number of hydrogen-bond donors (Lipinski definition) is 2. The monoisotopic (exact) mass is 410 g/mol. The number of unbranched alkanes of at least 4 members (excludes halogenated alkanes) is 4. The van der Waals surface area contributed by atoms with Crippen molar-refractivity contribution in [2.75, 3.05) is 13.1 Å². The van der Waals surface area contributed by atoms with Crippen molar-refractivity contribution < 1.29 is 0 Å². The van der Waals surface area contributed by atoms with E-state index in [9.17, 15) is 0 Å². The predicted molar refractivity (Wildman–Crippen MR) is 69.6 cm³/mol. The Kier molecular flexibility index (Phi) is 33.9. The van der Waals surface area contributed by atoms with Gasteiger partial charge in [-0.15, -0.1) is 13.1 Å². The standard InChI is InChI=1S/2C5H13N2.Pb/c2*1-2-3-4-5-7-6;/h2*2-6H2,1H3;/q2*-1;+2. The molecule has 0 aliphatic rings. The predicted octanol–water partition coefficient (Wildman–Crippen LogP) is 2.47. The van der Waals surface area contributed by atoms with Gasteiger partial charge in [0.25, 0.3) is 0 Å². The minimum Gasteiger partial charge on any atom is -0.600 e. The van der Waals surface area contributed by atoms with E-state index in [2.05, 4.69) is 24.7 Å². The third kappa shape index (κ3) is 31.3.